The van der Waals surface area contributed by atoms with Crippen molar-refractivity contribution in [2.45, 2.75) is 54.4 Å². The molecule has 0 N–H and O–H groups in total. The van der Waals surface area contributed by atoms with E-state index in [1.807, 2.05) is 0 Å². The van der Waals surface area contributed by atoms with E-state index >= 15 is 0 Å². The molecular formula is C13H26. The lowest BCUT2D eigenvalue weighted by atomic mass is 9.67. The quantitative estimate of drug-likeness (QED) is 0.542. The van der Waals surface area contributed by atoms with Gasteiger partial charge >= 0.3 is 0 Å². The highest BCUT2D eigenvalue weighted by Crippen LogP contribution is 2.41. The summed E-state index contributed by atoms with van der Waals surface area (Å²) in [4.78, 5) is 0. The Balaban J connectivity index is 4.66. The van der Waals surface area contributed by atoms with Gasteiger partial charge in [-0.3, -0.25) is 0 Å². The molecule has 0 bridgehead atoms. The van der Waals surface area contributed by atoms with E-state index in [-0.39, 0.29) is 0 Å². The Labute approximate surface area is 84.4 Å². The molecule has 0 heterocycles. The molecule has 0 aliphatic carbocycles. The van der Waals surface area contributed by atoms with Crippen molar-refractivity contribution in [3.63, 3.8) is 0 Å². The normalized spacial score (nSPS) is 18.4. The van der Waals surface area contributed by atoms with Crippen molar-refractivity contribution in [3.05, 3.63) is 12.2 Å². The summed E-state index contributed by atoms with van der Waals surface area (Å²) in [5.74, 6) is 1.35. The molecule has 0 aromatic carbocycles. The van der Waals surface area contributed by atoms with Crippen molar-refractivity contribution in [3.8, 4) is 0 Å². The second-order valence-electron chi connectivity index (χ2n) is 4.76. The SMILES string of the molecule is C=C(C(C)CC)C(C)(CC)C(C)C. The van der Waals surface area contributed by atoms with Crippen molar-refractivity contribution in [2.75, 3.05) is 0 Å². The fourth-order valence-corrected chi connectivity index (χ4v) is 1.82. The van der Waals surface area contributed by atoms with Crippen LogP contribution in [0.15, 0.2) is 12.2 Å². The lowest BCUT2D eigenvalue weighted by molar-refractivity contribution is 0.242. The van der Waals surface area contributed by atoms with Gasteiger partial charge in [-0.25, -0.2) is 0 Å². The Hall–Kier alpha value is -0.260. The van der Waals surface area contributed by atoms with Crippen LogP contribution in [0.2, 0.25) is 0 Å². The molecule has 0 nitrogen and oxygen atoms in total. The van der Waals surface area contributed by atoms with Crippen LogP contribution in [0.5, 0.6) is 0 Å². The molecule has 0 rings (SSSR count). The standard InChI is InChI=1S/C13H26/c1-8-11(5)12(6)13(7,9-2)10(3)4/h10-11H,6,8-9H2,1-5,7H3. The molecule has 0 amide bonds. The van der Waals surface area contributed by atoms with Crippen LogP contribution >= 0.6 is 0 Å². The van der Waals surface area contributed by atoms with Gasteiger partial charge in [-0.1, -0.05) is 53.7 Å². The zero-order chi connectivity index (χ0) is 10.6. The van der Waals surface area contributed by atoms with Crippen LogP contribution in [-0.2, 0) is 0 Å². The summed E-state index contributed by atoms with van der Waals surface area (Å²) in [7, 11) is 0. The van der Waals surface area contributed by atoms with Gasteiger partial charge in [0.2, 0.25) is 0 Å². The molecule has 0 aliphatic rings. The molecule has 78 valence electrons. The van der Waals surface area contributed by atoms with Crippen LogP contribution in [0.1, 0.15) is 54.4 Å². The maximum absolute atomic E-state index is 4.29. The minimum atomic E-state index is 0.329. The van der Waals surface area contributed by atoms with Crippen LogP contribution < -0.4 is 0 Å². The van der Waals surface area contributed by atoms with Gasteiger partial charge in [0.05, 0.1) is 0 Å². The zero-order valence-corrected chi connectivity index (χ0v) is 10.3. The second-order valence-corrected chi connectivity index (χ2v) is 4.76. The average Bonchev–Trinajstić information content (AvgIpc) is 2.13. The van der Waals surface area contributed by atoms with E-state index in [1.165, 1.54) is 18.4 Å². The smallest absolute Gasteiger partial charge is 0.00960 e. The molecule has 2 unspecified atom stereocenters. The molecule has 0 aromatic rings. The summed E-state index contributed by atoms with van der Waals surface area (Å²) in [6.07, 6.45) is 2.41. The molecule has 13 heavy (non-hydrogen) atoms. The molecule has 0 radical (unpaired) electrons. The van der Waals surface area contributed by atoms with Crippen LogP contribution in [0, 0.1) is 17.3 Å². The third-order valence-corrected chi connectivity index (χ3v) is 3.95. The van der Waals surface area contributed by atoms with Gasteiger partial charge in [-0.2, -0.15) is 0 Å². The molecule has 2 atom stereocenters. The van der Waals surface area contributed by atoms with E-state index < -0.39 is 0 Å². The molecule has 0 spiro atoms. The van der Waals surface area contributed by atoms with Crippen LogP contribution in [-0.4, -0.2) is 0 Å². The summed E-state index contributed by atoms with van der Waals surface area (Å²) in [5, 5.41) is 0. The molecule has 0 aromatic heterocycles. The lowest BCUT2D eigenvalue weighted by Crippen LogP contribution is -2.27. The second kappa shape index (κ2) is 4.83. The first-order valence-corrected chi connectivity index (χ1v) is 5.59. The maximum atomic E-state index is 4.29. The number of hydrogen-bond acceptors (Lipinski definition) is 0. The number of allylic oxidation sites excluding steroid dienone is 1. The highest BCUT2D eigenvalue weighted by molar-refractivity contribution is 5.12. The zero-order valence-electron chi connectivity index (χ0n) is 10.3. The Morgan fingerprint density at radius 3 is 1.92 bits per heavy atom. The van der Waals surface area contributed by atoms with Crippen LogP contribution in [0.25, 0.3) is 0 Å². The highest BCUT2D eigenvalue weighted by atomic mass is 14.4. The lowest BCUT2D eigenvalue weighted by Gasteiger charge is -2.37. The van der Waals surface area contributed by atoms with Crippen molar-refractivity contribution >= 4 is 0 Å². The van der Waals surface area contributed by atoms with Gasteiger partial charge in [0, 0.05) is 0 Å². The number of hydrogen-bond donors (Lipinski definition) is 0. The summed E-state index contributed by atoms with van der Waals surface area (Å²) >= 11 is 0. The van der Waals surface area contributed by atoms with Gasteiger partial charge in [-0.15, -0.1) is 0 Å². The summed E-state index contributed by atoms with van der Waals surface area (Å²) in [6.45, 7) is 18.1. The Morgan fingerprint density at radius 1 is 1.23 bits per heavy atom. The van der Waals surface area contributed by atoms with Gasteiger partial charge in [0.25, 0.3) is 0 Å². The third-order valence-electron chi connectivity index (χ3n) is 3.95. The Morgan fingerprint density at radius 2 is 1.69 bits per heavy atom. The fourth-order valence-electron chi connectivity index (χ4n) is 1.82. The Kier molecular flexibility index (Phi) is 4.74. The summed E-state index contributed by atoms with van der Waals surface area (Å²) < 4.78 is 0. The molecule has 0 saturated carbocycles. The van der Waals surface area contributed by atoms with Crippen molar-refractivity contribution in [1.82, 2.24) is 0 Å². The van der Waals surface area contributed by atoms with E-state index in [9.17, 15) is 0 Å². The molecule has 0 fully saturated rings. The molecule has 0 saturated heterocycles. The van der Waals surface area contributed by atoms with Crippen LogP contribution in [0.3, 0.4) is 0 Å². The van der Waals surface area contributed by atoms with Gasteiger partial charge in [-0.05, 0) is 30.1 Å². The first kappa shape index (κ1) is 12.7. The van der Waals surface area contributed by atoms with Gasteiger partial charge in [0.15, 0.2) is 0 Å². The summed E-state index contributed by atoms with van der Waals surface area (Å²) in [6, 6.07) is 0. The predicted molar refractivity (Wildman–Crippen MR) is 61.8 cm³/mol. The van der Waals surface area contributed by atoms with Gasteiger partial charge in [0.1, 0.15) is 0 Å². The first-order chi connectivity index (χ1) is 5.90. The third kappa shape index (κ3) is 2.59. The van der Waals surface area contributed by atoms with Crippen molar-refractivity contribution in [1.29, 1.82) is 0 Å². The first-order valence-electron chi connectivity index (χ1n) is 5.59. The largest absolute Gasteiger partial charge is 0.0990 e. The monoisotopic (exact) mass is 182 g/mol. The number of rotatable bonds is 5. The Bertz CT molecular complexity index is 167. The summed E-state index contributed by atoms with van der Waals surface area (Å²) in [5.41, 5.74) is 1.77. The van der Waals surface area contributed by atoms with E-state index in [1.54, 1.807) is 0 Å². The molecule has 0 aliphatic heterocycles. The van der Waals surface area contributed by atoms with Crippen molar-refractivity contribution in [2.24, 2.45) is 17.3 Å². The van der Waals surface area contributed by atoms with Crippen molar-refractivity contribution < 1.29 is 0 Å². The molecular weight excluding hydrogens is 156 g/mol. The van der Waals surface area contributed by atoms with Crippen LogP contribution in [0.4, 0.5) is 0 Å². The van der Waals surface area contributed by atoms with E-state index in [0.717, 1.165) is 0 Å². The highest BCUT2D eigenvalue weighted by Gasteiger charge is 2.31. The topological polar surface area (TPSA) is 0 Å². The minimum Gasteiger partial charge on any atom is -0.0990 e. The average molecular weight is 182 g/mol. The van der Waals surface area contributed by atoms with E-state index in [0.29, 0.717) is 17.3 Å². The minimum absolute atomic E-state index is 0.329. The van der Waals surface area contributed by atoms with E-state index in [4.69, 9.17) is 0 Å². The maximum Gasteiger partial charge on any atom is -0.00960 e. The van der Waals surface area contributed by atoms with Gasteiger partial charge < -0.3 is 0 Å². The fraction of sp³-hybridized carbons (Fsp3) is 0.846. The van der Waals surface area contributed by atoms with E-state index in [2.05, 4.69) is 48.1 Å². The molecule has 0 heteroatoms. The predicted octanol–water partition coefficient (Wildman–Crippen LogP) is 4.66.